The minimum absolute atomic E-state index is 0.0196. The molecule has 6 heteroatoms. The molecule has 1 aliphatic heterocycles. The van der Waals surface area contributed by atoms with Gasteiger partial charge >= 0.3 is 6.18 Å². The lowest BCUT2D eigenvalue weighted by Crippen LogP contribution is -2.36. The van der Waals surface area contributed by atoms with Crippen LogP contribution in [0.25, 0.3) is 0 Å². The topological polar surface area (TPSA) is 47.3 Å². The van der Waals surface area contributed by atoms with Crippen molar-refractivity contribution in [1.82, 2.24) is 0 Å². The second-order valence-corrected chi connectivity index (χ2v) is 4.56. The zero-order valence-electron chi connectivity index (χ0n) is 10.1. The van der Waals surface area contributed by atoms with Gasteiger partial charge in [0.25, 0.3) is 0 Å². The molecule has 0 aliphatic carbocycles. The number of nitriles is 1. The molecular weight excluding hydrogens is 257 g/mol. The maximum absolute atomic E-state index is 12.6. The molecule has 19 heavy (non-hydrogen) atoms. The van der Waals surface area contributed by atoms with Crippen molar-refractivity contribution < 1.29 is 18.3 Å². The van der Waals surface area contributed by atoms with Crippen molar-refractivity contribution >= 4 is 5.69 Å². The minimum atomic E-state index is -4.44. The van der Waals surface area contributed by atoms with Crippen LogP contribution in [-0.2, 0) is 6.18 Å². The number of hydrogen-bond donors (Lipinski definition) is 1. The maximum atomic E-state index is 12.6. The molecule has 102 valence electrons. The summed E-state index contributed by atoms with van der Waals surface area (Å²) >= 11 is 0. The SMILES string of the molecule is N#Cc1cc(C(F)(F)F)ccc1N1CCC(O)CC1. The molecule has 1 saturated heterocycles. The number of nitrogens with zero attached hydrogens (tertiary/aromatic N) is 2. The molecule has 0 unspecified atom stereocenters. The van der Waals surface area contributed by atoms with Gasteiger partial charge in [-0.15, -0.1) is 0 Å². The highest BCUT2D eigenvalue weighted by atomic mass is 19.4. The number of aliphatic hydroxyl groups is 1. The molecule has 1 fully saturated rings. The van der Waals surface area contributed by atoms with Gasteiger partial charge in [-0.2, -0.15) is 18.4 Å². The lowest BCUT2D eigenvalue weighted by molar-refractivity contribution is -0.137. The van der Waals surface area contributed by atoms with Crippen LogP contribution in [0.15, 0.2) is 18.2 Å². The Labute approximate surface area is 108 Å². The smallest absolute Gasteiger partial charge is 0.393 e. The molecule has 1 aromatic rings. The highest BCUT2D eigenvalue weighted by Gasteiger charge is 2.31. The van der Waals surface area contributed by atoms with Gasteiger partial charge in [-0.05, 0) is 31.0 Å². The Balaban J connectivity index is 2.29. The first kappa shape index (κ1) is 13.7. The number of benzene rings is 1. The van der Waals surface area contributed by atoms with Crippen molar-refractivity contribution in [1.29, 1.82) is 5.26 Å². The zero-order valence-corrected chi connectivity index (χ0v) is 10.1. The average Bonchev–Trinajstić information content (AvgIpc) is 2.38. The van der Waals surface area contributed by atoms with E-state index < -0.39 is 11.7 Å². The van der Waals surface area contributed by atoms with Crippen LogP contribution in [0.5, 0.6) is 0 Å². The van der Waals surface area contributed by atoms with E-state index in [2.05, 4.69) is 0 Å². The molecular formula is C13H13F3N2O. The lowest BCUT2D eigenvalue weighted by atomic mass is 10.0. The van der Waals surface area contributed by atoms with Crippen LogP contribution in [0.1, 0.15) is 24.0 Å². The van der Waals surface area contributed by atoms with Crippen molar-refractivity contribution in [2.45, 2.75) is 25.1 Å². The first-order chi connectivity index (χ1) is 8.91. The quantitative estimate of drug-likeness (QED) is 0.853. The molecule has 0 saturated carbocycles. The molecule has 0 aromatic heterocycles. The molecule has 1 aromatic carbocycles. The normalized spacial score (nSPS) is 17.3. The van der Waals surface area contributed by atoms with E-state index in [-0.39, 0.29) is 11.7 Å². The molecule has 1 heterocycles. The van der Waals surface area contributed by atoms with Crippen molar-refractivity contribution in [2.24, 2.45) is 0 Å². The predicted molar refractivity (Wildman–Crippen MR) is 63.6 cm³/mol. The van der Waals surface area contributed by atoms with E-state index >= 15 is 0 Å². The molecule has 0 spiro atoms. The fourth-order valence-electron chi connectivity index (χ4n) is 2.18. The summed E-state index contributed by atoms with van der Waals surface area (Å²) in [5.41, 5.74) is -0.293. The van der Waals surface area contributed by atoms with Gasteiger partial charge in [0.05, 0.1) is 22.9 Å². The van der Waals surface area contributed by atoms with Gasteiger partial charge in [0.1, 0.15) is 6.07 Å². The number of hydrogen-bond acceptors (Lipinski definition) is 3. The third-order valence-corrected chi connectivity index (χ3v) is 3.25. The second-order valence-electron chi connectivity index (χ2n) is 4.56. The average molecular weight is 270 g/mol. The van der Waals surface area contributed by atoms with Crippen molar-refractivity contribution in [3.05, 3.63) is 29.3 Å². The molecule has 3 nitrogen and oxygen atoms in total. The number of alkyl halides is 3. The van der Waals surface area contributed by atoms with Gasteiger partial charge in [-0.25, -0.2) is 0 Å². The van der Waals surface area contributed by atoms with Gasteiger partial charge in [0.2, 0.25) is 0 Å². The van der Waals surface area contributed by atoms with Crippen molar-refractivity contribution in [3.63, 3.8) is 0 Å². The third-order valence-electron chi connectivity index (χ3n) is 3.25. The van der Waals surface area contributed by atoms with Crippen LogP contribution < -0.4 is 4.90 Å². The van der Waals surface area contributed by atoms with Crippen LogP contribution in [0.4, 0.5) is 18.9 Å². The van der Waals surface area contributed by atoms with Crippen LogP contribution in [0.3, 0.4) is 0 Å². The highest BCUT2D eigenvalue weighted by Crippen LogP contribution is 2.33. The molecule has 1 aliphatic rings. The van der Waals surface area contributed by atoms with Crippen LogP contribution >= 0.6 is 0 Å². The summed E-state index contributed by atoms with van der Waals surface area (Å²) in [6.45, 7) is 1.09. The largest absolute Gasteiger partial charge is 0.416 e. The first-order valence-corrected chi connectivity index (χ1v) is 5.96. The van der Waals surface area contributed by atoms with Crippen LogP contribution in [-0.4, -0.2) is 24.3 Å². The third kappa shape index (κ3) is 2.99. The molecule has 0 bridgehead atoms. The van der Waals surface area contributed by atoms with Gasteiger partial charge in [-0.3, -0.25) is 0 Å². The lowest BCUT2D eigenvalue weighted by Gasteiger charge is -2.32. The Kier molecular flexibility index (Phi) is 3.67. The number of aliphatic hydroxyl groups excluding tert-OH is 1. The van der Waals surface area contributed by atoms with Crippen molar-refractivity contribution in [2.75, 3.05) is 18.0 Å². The predicted octanol–water partition coefficient (Wildman–Crippen LogP) is 2.54. The summed E-state index contributed by atoms with van der Waals surface area (Å²) in [6.07, 6.45) is -3.68. The highest BCUT2D eigenvalue weighted by molar-refractivity contribution is 5.61. The van der Waals surface area contributed by atoms with E-state index in [0.29, 0.717) is 31.6 Å². The summed E-state index contributed by atoms with van der Waals surface area (Å²) in [5.74, 6) is 0. The van der Waals surface area contributed by atoms with Gasteiger partial charge < -0.3 is 10.0 Å². The Morgan fingerprint density at radius 2 is 1.89 bits per heavy atom. The first-order valence-electron chi connectivity index (χ1n) is 5.96. The summed E-state index contributed by atoms with van der Waals surface area (Å²) in [5, 5.41) is 18.4. The standard InChI is InChI=1S/C13H13F3N2O/c14-13(15,16)10-1-2-12(9(7-10)8-17)18-5-3-11(19)4-6-18/h1-2,7,11,19H,3-6H2. The molecule has 2 rings (SSSR count). The molecule has 0 radical (unpaired) electrons. The Morgan fingerprint density at radius 1 is 1.26 bits per heavy atom. The van der Waals surface area contributed by atoms with Gasteiger partial charge in [0.15, 0.2) is 0 Å². The summed E-state index contributed by atoms with van der Waals surface area (Å²) in [6, 6.07) is 5.01. The fraction of sp³-hybridized carbons (Fsp3) is 0.462. The van der Waals surface area contributed by atoms with E-state index in [1.54, 1.807) is 0 Å². The van der Waals surface area contributed by atoms with E-state index in [0.717, 1.165) is 12.1 Å². The van der Waals surface area contributed by atoms with E-state index in [9.17, 15) is 18.3 Å². The molecule has 0 atom stereocenters. The van der Waals surface area contributed by atoms with Crippen LogP contribution in [0.2, 0.25) is 0 Å². The summed E-state index contributed by atoms with van der Waals surface area (Å²) in [4.78, 5) is 1.84. The van der Waals surface area contributed by atoms with Gasteiger partial charge in [0, 0.05) is 13.1 Å². The summed E-state index contributed by atoms with van der Waals surface area (Å²) < 4.78 is 37.7. The number of halogens is 3. The van der Waals surface area contributed by atoms with E-state index in [4.69, 9.17) is 5.26 Å². The number of anilines is 1. The second kappa shape index (κ2) is 5.10. The monoisotopic (exact) mass is 270 g/mol. The minimum Gasteiger partial charge on any atom is -0.393 e. The Bertz CT molecular complexity index is 500. The maximum Gasteiger partial charge on any atom is 0.416 e. The summed E-state index contributed by atoms with van der Waals surface area (Å²) in [7, 11) is 0. The molecule has 0 amide bonds. The number of piperidine rings is 1. The zero-order chi connectivity index (χ0) is 14.0. The Morgan fingerprint density at radius 3 is 2.42 bits per heavy atom. The van der Waals surface area contributed by atoms with E-state index in [1.165, 1.54) is 6.07 Å². The Hall–Kier alpha value is -1.74. The molecule has 1 N–H and O–H groups in total. The van der Waals surface area contributed by atoms with Crippen molar-refractivity contribution in [3.8, 4) is 6.07 Å². The van der Waals surface area contributed by atoms with Gasteiger partial charge in [-0.1, -0.05) is 0 Å². The number of rotatable bonds is 1. The fourth-order valence-corrected chi connectivity index (χ4v) is 2.18. The van der Waals surface area contributed by atoms with E-state index in [1.807, 2.05) is 11.0 Å². The van der Waals surface area contributed by atoms with Crippen LogP contribution in [0, 0.1) is 11.3 Å².